The van der Waals surface area contributed by atoms with E-state index in [1.54, 1.807) is 24.5 Å². The maximum atomic E-state index is 12.0. The second-order valence-corrected chi connectivity index (χ2v) is 4.09. The van der Waals surface area contributed by atoms with Crippen molar-refractivity contribution in [3.63, 3.8) is 0 Å². The van der Waals surface area contributed by atoms with E-state index in [4.69, 9.17) is 10.4 Å². The Morgan fingerprint density at radius 2 is 2.32 bits per heavy atom. The number of carbonyl (C=O) groups is 2. The maximum Gasteiger partial charge on any atom is 0.315 e. The Bertz CT molecular complexity index is 482. The van der Waals surface area contributed by atoms with Crippen molar-refractivity contribution >= 4 is 11.9 Å². The molecule has 0 aliphatic carbocycles. The smallest absolute Gasteiger partial charge is 0.315 e. The van der Waals surface area contributed by atoms with Gasteiger partial charge in [0, 0.05) is 25.5 Å². The molecule has 1 unspecified atom stereocenters. The number of amides is 1. The Kier molecular flexibility index (Phi) is 5.48. The molecule has 1 amide bonds. The Balaban J connectivity index is 2.80. The first-order chi connectivity index (χ1) is 9.06. The topological polar surface area (TPSA) is 94.3 Å². The first-order valence-electron chi connectivity index (χ1n) is 5.83. The molecule has 1 aromatic heterocycles. The normalized spacial score (nSPS) is 11.4. The monoisotopic (exact) mass is 261 g/mol. The van der Waals surface area contributed by atoms with Gasteiger partial charge in [-0.15, -0.1) is 0 Å². The molecule has 1 atom stereocenters. The van der Waals surface area contributed by atoms with Gasteiger partial charge in [0.05, 0.1) is 12.5 Å². The summed E-state index contributed by atoms with van der Waals surface area (Å²) in [5.74, 6) is -2.78. The van der Waals surface area contributed by atoms with E-state index in [9.17, 15) is 9.59 Å². The number of hydrogen-bond acceptors (Lipinski definition) is 4. The Morgan fingerprint density at radius 1 is 1.58 bits per heavy atom. The molecule has 100 valence electrons. The van der Waals surface area contributed by atoms with E-state index < -0.39 is 17.8 Å². The molecule has 0 aliphatic rings. The molecule has 1 heterocycles. The predicted octanol–water partition coefficient (Wildman–Crippen LogP) is 1.04. The minimum absolute atomic E-state index is 0.165. The van der Waals surface area contributed by atoms with E-state index in [0.29, 0.717) is 0 Å². The van der Waals surface area contributed by atoms with Crippen molar-refractivity contribution in [2.24, 2.45) is 5.92 Å². The van der Waals surface area contributed by atoms with Crippen LogP contribution in [0.4, 0.5) is 0 Å². The number of carboxylic acid groups (broad SMARTS) is 1. The Labute approximate surface area is 111 Å². The van der Waals surface area contributed by atoms with E-state index >= 15 is 0 Å². The first kappa shape index (κ1) is 14.6. The second kappa shape index (κ2) is 7.11. The van der Waals surface area contributed by atoms with Crippen LogP contribution in [-0.4, -0.2) is 33.4 Å². The molecule has 6 heteroatoms. The fourth-order valence-corrected chi connectivity index (χ4v) is 1.54. The molecule has 0 radical (unpaired) electrons. The number of carbonyl (C=O) groups excluding carboxylic acids is 1. The highest BCUT2D eigenvalue weighted by atomic mass is 16.4. The van der Waals surface area contributed by atoms with Crippen molar-refractivity contribution in [3.8, 4) is 6.07 Å². The van der Waals surface area contributed by atoms with Gasteiger partial charge in [-0.05, 0) is 18.6 Å². The number of nitrogens with zero attached hydrogens (tertiary/aromatic N) is 3. The number of aliphatic carboxylic acids is 1. The van der Waals surface area contributed by atoms with Crippen molar-refractivity contribution in [1.29, 1.82) is 5.26 Å². The van der Waals surface area contributed by atoms with Gasteiger partial charge in [0.25, 0.3) is 0 Å². The van der Waals surface area contributed by atoms with E-state index in [2.05, 4.69) is 4.98 Å². The number of aromatic nitrogens is 1. The third-order valence-corrected chi connectivity index (χ3v) is 2.64. The third-order valence-electron chi connectivity index (χ3n) is 2.64. The fraction of sp³-hybridized carbons (Fsp3) is 0.385. The highest BCUT2D eigenvalue weighted by Crippen LogP contribution is 2.09. The summed E-state index contributed by atoms with van der Waals surface area (Å²) >= 11 is 0. The molecule has 1 N–H and O–H groups in total. The van der Waals surface area contributed by atoms with Crippen LogP contribution in [0.2, 0.25) is 0 Å². The molecule has 0 aromatic carbocycles. The molecular formula is C13H15N3O3. The average Bonchev–Trinajstić information content (AvgIpc) is 2.42. The molecule has 0 aliphatic heterocycles. The molecule has 0 fully saturated rings. The second-order valence-electron chi connectivity index (χ2n) is 4.09. The highest BCUT2D eigenvalue weighted by molar-refractivity contribution is 5.96. The average molecular weight is 261 g/mol. The van der Waals surface area contributed by atoms with Crippen LogP contribution in [0.1, 0.15) is 18.9 Å². The van der Waals surface area contributed by atoms with Crippen molar-refractivity contribution in [1.82, 2.24) is 9.88 Å². The third kappa shape index (κ3) is 4.39. The van der Waals surface area contributed by atoms with Crippen LogP contribution in [0.25, 0.3) is 0 Å². The van der Waals surface area contributed by atoms with Crippen molar-refractivity contribution in [2.75, 3.05) is 6.54 Å². The van der Waals surface area contributed by atoms with Crippen molar-refractivity contribution < 1.29 is 14.7 Å². The van der Waals surface area contributed by atoms with Gasteiger partial charge >= 0.3 is 5.97 Å². The van der Waals surface area contributed by atoms with Crippen molar-refractivity contribution in [2.45, 2.75) is 19.9 Å². The minimum atomic E-state index is -1.17. The summed E-state index contributed by atoms with van der Waals surface area (Å²) in [4.78, 5) is 28.2. The fourth-order valence-electron chi connectivity index (χ4n) is 1.54. The highest BCUT2D eigenvalue weighted by Gasteiger charge is 2.25. The summed E-state index contributed by atoms with van der Waals surface area (Å²) in [6.07, 6.45) is 3.39. The van der Waals surface area contributed by atoms with Gasteiger partial charge in [-0.2, -0.15) is 5.26 Å². The molecule has 1 rings (SSSR count). The number of nitriles is 1. The Hall–Kier alpha value is -2.42. The number of rotatable bonds is 6. The largest absolute Gasteiger partial charge is 0.481 e. The lowest BCUT2D eigenvalue weighted by Gasteiger charge is -2.23. The van der Waals surface area contributed by atoms with Crippen LogP contribution < -0.4 is 0 Å². The van der Waals surface area contributed by atoms with Gasteiger partial charge < -0.3 is 10.0 Å². The number of carboxylic acids is 1. The van der Waals surface area contributed by atoms with Gasteiger partial charge in [0.2, 0.25) is 5.91 Å². The molecule has 1 aromatic rings. The van der Waals surface area contributed by atoms with Crippen LogP contribution in [0, 0.1) is 17.2 Å². The zero-order valence-corrected chi connectivity index (χ0v) is 10.6. The standard InChI is InChI=1S/C13H15N3O3/c1-10(13(18)19)12(17)16(7-3-5-14)9-11-4-2-6-15-8-11/h2,4,6,8,10H,3,7,9H2,1H3,(H,18,19). The summed E-state index contributed by atoms with van der Waals surface area (Å²) in [7, 11) is 0. The zero-order valence-electron chi connectivity index (χ0n) is 10.6. The van der Waals surface area contributed by atoms with E-state index in [-0.39, 0.29) is 19.5 Å². The van der Waals surface area contributed by atoms with Gasteiger partial charge in [-0.3, -0.25) is 14.6 Å². The number of pyridine rings is 1. The lowest BCUT2D eigenvalue weighted by molar-refractivity contribution is -0.150. The molecule has 0 saturated heterocycles. The summed E-state index contributed by atoms with van der Waals surface area (Å²) < 4.78 is 0. The van der Waals surface area contributed by atoms with Gasteiger partial charge in [0.1, 0.15) is 5.92 Å². The van der Waals surface area contributed by atoms with Crippen LogP contribution in [0.3, 0.4) is 0 Å². The predicted molar refractivity (Wildman–Crippen MR) is 66.7 cm³/mol. The SMILES string of the molecule is CC(C(=O)O)C(=O)N(CCC#N)Cc1cccnc1. The first-order valence-corrected chi connectivity index (χ1v) is 5.83. The quantitative estimate of drug-likeness (QED) is 0.772. The molecule has 0 spiro atoms. The van der Waals surface area contributed by atoms with Crippen LogP contribution >= 0.6 is 0 Å². The van der Waals surface area contributed by atoms with E-state index in [1.165, 1.54) is 11.8 Å². The summed E-state index contributed by atoms with van der Waals surface area (Å²) in [6.45, 7) is 1.81. The van der Waals surface area contributed by atoms with Crippen LogP contribution in [-0.2, 0) is 16.1 Å². The molecular weight excluding hydrogens is 246 g/mol. The lowest BCUT2D eigenvalue weighted by Crippen LogP contribution is -2.38. The van der Waals surface area contributed by atoms with Gasteiger partial charge in [-0.1, -0.05) is 6.07 Å². The minimum Gasteiger partial charge on any atom is -0.481 e. The summed E-state index contributed by atoms with van der Waals surface area (Å²) in [5.41, 5.74) is 0.798. The molecule has 0 saturated carbocycles. The Morgan fingerprint density at radius 3 is 2.84 bits per heavy atom. The molecule has 0 bridgehead atoms. The van der Waals surface area contributed by atoms with Crippen molar-refractivity contribution in [3.05, 3.63) is 30.1 Å². The molecule has 19 heavy (non-hydrogen) atoms. The zero-order chi connectivity index (χ0) is 14.3. The van der Waals surface area contributed by atoms with Gasteiger partial charge in [0.15, 0.2) is 0 Å². The number of hydrogen-bond donors (Lipinski definition) is 1. The van der Waals surface area contributed by atoms with Crippen LogP contribution in [0.15, 0.2) is 24.5 Å². The summed E-state index contributed by atoms with van der Waals surface area (Å²) in [6, 6.07) is 5.49. The van der Waals surface area contributed by atoms with E-state index in [0.717, 1.165) is 5.56 Å². The van der Waals surface area contributed by atoms with E-state index in [1.807, 2.05) is 6.07 Å². The van der Waals surface area contributed by atoms with Gasteiger partial charge in [-0.25, -0.2) is 0 Å². The van der Waals surface area contributed by atoms with Crippen LogP contribution in [0.5, 0.6) is 0 Å². The maximum absolute atomic E-state index is 12.0. The summed E-state index contributed by atoms with van der Waals surface area (Å²) in [5, 5.41) is 17.5. The molecule has 6 nitrogen and oxygen atoms in total. The lowest BCUT2D eigenvalue weighted by atomic mass is 10.1.